The van der Waals surface area contributed by atoms with Crippen LogP contribution in [0.1, 0.15) is 16.8 Å². The number of nitrogens with zero attached hydrogens (tertiary/aromatic N) is 3. The van der Waals surface area contributed by atoms with Gasteiger partial charge in [0.25, 0.3) is 15.9 Å². The summed E-state index contributed by atoms with van der Waals surface area (Å²) >= 11 is 1.46. The second kappa shape index (κ2) is 12.4. The zero-order valence-corrected chi connectivity index (χ0v) is 23.2. The molecule has 4 aromatic rings. The molecular weight excluding hydrogens is 532 g/mol. The van der Waals surface area contributed by atoms with Crippen LogP contribution < -0.4 is 14.4 Å². The minimum atomic E-state index is -3.84. The van der Waals surface area contributed by atoms with Crippen molar-refractivity contribution in [2.24, 2.45) is 0 Å². The van der Waals surface area contributed by atoms with Gasteiger partial charge in [0.2, 0.25) is 0 Å². The van der Waals surface area contributed by atoms with E-state index in [0.717, 1.165) is 23.2 Å². The fraction of sp³-hybridized carbons (Fsp3) is 0.231. The average Bonchev–Trinajstić information content (AvgIpc) is 3.30. The number of ether oxygens (including phenoxy) is 1. The summed E-state index contributed by atoms with van der Waals surface area (Å²) in [4.78, 5) is 22.2. The number of amides is 1. The van der Waals surface area contributed by atoms with Crippen molar-refractivity contribution in [1.29, 1.82) is 0 Å². The van der Waals surface area contributed by atoms with E-state index in [-0.39, 0.29) is 23.2 Å². The van der Waals surface area contributed by atoms with Crippen molar-refractivity contribution in [2.75, 3.05) is 43.9 Å². The van der Waals surface area contributed by atoms with Gasteiger partial charge in [-0.25, -0.2) is 13.4 Å². The number of thiazole rings is 1. The van der Waals surface area contributed by atoms with Crippen LogP contribution in [0.15, 0.2) is 77.7 Å². The van der Waals surface area contributed by atoms with E-state index in [1.54, 1.807) is 41.3 Å². The minimum Gasteiger partial charge on any atom is -0.497 e. The van der Waals surface area contributed by atoms with E-state index in [1.165, 1.54) is 30.6 Å². The Balaban J connectivity index is 0.00000380. The molecule has 0 fully saturated rings. The van der Waals surface area contributed by atoms with Gasteiger partial charge in [-0.2, -0.15) is 0 Å². The minimum absolute atomic E-state index is 0. The number of methoxy groups -OCH3 is 1. The Hall–Kier alpha value is -3.18. The molecule has 0 bridgehead atoms. The number of rotatable bonds is 10. The lowest BCUT2D eigenvalue weighted by molar-refractivity contribution is 0.0986. The Morgan fingerprint density at radius 3 is 2.41 bits per heavy atom. The number of para-hydroxylation sites is 1. The first kappa shape index (κ1) is 28.4. The Labute approximate surface area is 227 Å². The Morgan fingerprint density at radius 1 is 1.00 bits per heavy atom. The first-order chi connectivity index (χ1) is 17.3. The molecule has 8 nitrogen and oxygen atoms in total. The van der Waals surface area contributed by atoms with Crippen molar-refractivity contribution >= 4 is 60.7 Å². The van der Waals surface area contributed by atoms with Gasteiger partial charge in [-0.15, -0.1) is 12.4 Å². The van der Waals surface area contributed by atoms with Crippen LogP contribution in [0.5, 0.6) is 5.75 Å². The third-order valence-electron chi connectivity index (χ3n) is 5.48. The second-order valence-corrected chi connectivity index (χ2v) is 11.1. The zero-order chi connectivity index (χ0) is 25.7. The number of hydrogen-bond acceptors (Lipinski definition) is 7. The maximum absolute atomic E-state index is 13.6. The van der Waals surface area contributed by atoms with Crippen LogP contribution in [0.2, 0.25) is 0 Å². The number of fused-ring (bicyclic) bond motifs is 1. The molecule has 0 radical (unpaired) electrons. The summed E-state index contributed by atoms with van der Waals surface area (Å²) in [6, 6.07) is 20.4. The smallest absolute Gasteiger partial charge is 0.261 e. The van der Waals surface area contributed by atoms with E-state index in [2.05, 4.69) is 14.6 Å². The molecule has 0 aliphatic rings. The van der Waals surface area contributed by atoms with Crippen molar-refractivity contribution in [3.05, 3.63) is 78.4 Å². The quantitative estimate of drug-likeness (QED) is 0.289. The van der Waals surface area contributed by atoms with Gasteiger partial charge >= 0.3 is 0 Å². The van der Waals surface area contributed by atoms with Crippen LogP contribution in [-0.2, 0) is 10.0 Å². The van der Waals surface area contributed by atoms with Gasteiger partial charge in [-0.1, -0.05) is 29.5 Å². The topological polar surface area (TPSA) is 91.8 Å². The molecule has 1 aromatic heterocycles. The molecule has 1 amide bonds. The fourth-order valence-electron chi connectivity index (χ4n) is 3.65. The molecule has 11 heteroatoms. The third-order valence-corrected chi connectivity index (χ3v) is 7.93. The molecular formula is C26H29ClN4O4S2. The molecule has 1 heterocycles. The SMILES string of the molecule is COc1ccc(S(=O)(=O)Nc2cccc(C(=O)N(CCCN(C)C)c3nc4ccccc4s3)c2)cc1.Cl. The van der Waals surface area contributed by atoms with E-state index in [0.29, 0.717) is 28.7 Å². The number of benzene rings is 3. The largest absolute Gasteiger partial charge is 0.497 e. The van der Waals surface area contributed by atoms with Gasteiger partial charge in [-0.3, -0.25) is 14.4 Å². The number of halogens is 1. The number of hydrogen-bond donors (Lipinski definition) is 1. The molecule has 0 atom stereocenters. The van der Waals surface area contributed by atoms with Gasteiger partial charge < -0.3 is 9.64 Å². The van der Waals surface area contributed by atoms with Gasteiger partial charge in [0, 0.05) is 17.8 Å². The predicted molar refractivity (Wildman–Crippen MR) is 152 cm³/mol. The Kier molecular flexibility index (Phi) is 9.50. The second-order valence-electron chi connectivity index (χ2n) is 8.44. The van der Waals surface area contributed by atoms with Crippen molar-refractivity contribution in [3.63, 3.8) is 0 Å². The van der Waals surface area contributed by atoms with Crippen molar-refractivity contribution in [2.45, 2.75) is 11.3 Å². The van der Waals surface area contributed by atoms with Crippen molar-refractivity contribution < 1.29 is 17.9 Å². The van der Waals surface area contributed by atoms with E-state index >= 15 is 0 Å². The molecule has 0 spiro atoms. The molecule has 0 unspecified atom stereocenters. The van der Waals surface area contributed by atoms with Crippen LogP contribution in [0.25, 0.3) is 10.2 Å². The highest BCUT2D eigenvalue weighted by atomic mass is 35.5. The normalized spacial score (nSPS) is 11.2. The number of sulfonamides is 1. The summed E-state index contributed by atoms with van der Waals surface area (Å²) in [6.07, 6.45) is 0.762. The predicted octanol–water partition coefficient (Wildman–Crippen LogP) is 5.13. The number of nitrogens with one attached hydrogen (secondary N) is 1. The highest BCUT2D eigenvalue weighted by molar-refractivity contribution is 7.92. The van der Waals surface area contributed by atoms with Crippen LogP contribution in [-0.4, -0.2) is 58.5 Å². The fourth-order valence-corrected chi connectivity index (χ4v) is 5.68. The van der Waals surface area contributed by atoms with E-state index < -0.39 is 10.0 Å². The van der Waals surface area contributed by atoms with Crippen LogP contribution in [0, 0.1) is 0 Å². The molecule has 196 valence electrons. The molecule has 0 saturated carbocycles. The molecule has 1 N–H and O–H groups in total. The highest BCUT2D eigenvalue weighted by Crippen LogP contribution is 2.30. The number of anilines is 2. The third kappa shape index (κ3) is 6.98. The monoisotopic (exact) mass is 560 g/mol. The first-order valence-corrected chi connectivity index (χ1v) is 13.7. The number of carbonyl (C=O) groups is 1. The summed E-state index contributed by atoms with van der Waals surface area (Å²) in [5, 5.41) is 0.615. The molecule has 0 aliphatic heterocycles. The van der Waals surface area contributed by atoms with E-state index in [4.69, 9.17) is 4.74 Å². The van der Waals surface area contributed by atoms with Crippen molar-refractivity contribution in [3.8, 4) is 5.75 Å². The van der Waals surface area contributed by atoms with Gasteiger partial charge in [0.15, 0.2) is 5.13 Å². The Bertz CT molecular complexity index is 1420. The van der Waals surface area contributed by atoms with Crippen LogP contribution in [0.4, 0.5) is 10.8 Å². The lowest BCUT2D eigenvalue weighted by Crippen LogP contribution is -2.33. The molecule has 0 saturated heterocycles. The molecule has 3 aromatic carbocycles. The summed E-state index contributed by atoms with van der Waals surface area (Å²) in [7, 11) is 1.65. The molecule has 37 heavy (non-hydrogen) atoms. The molecule has 0 aliphatic carbocycles. The van der Waals surface area contributed by atoms with E-state index in [1.807, 2.05) is 38.4 Å². The van der Waals surface area contributed by atoms with Gasteiger partial charge in [0.1, 0.15) is 5.75 Å². The maximum Gasteiger partial charge on any atom is 0.261 e. The maximum atomic E-state index is 13.6. The van der Waals surface area contributed by atoms with Crippen LogP contribution in [0.3, 0.4) is 0 Å². The number of aromatic nitrogens is 1. The Morgan fingerprint density at radius 2 is 1.73 bits per heavy atom. The van der Waals surface area contributed by atoms with Crippen molar-refractivity contribution in [1.82, 2.24) is 9.88 Å². The average molecular weight is 561 g/mol. The van der Waals surface area contributed by atoms with Crippen LogP contribution >= 0.6 is 23.7 Å². The standard InChI is InChI=1S/C26H28N4O4S2.ClH/c1-29(2)16-7-17-30(26-27-23-10-4-5-11-24(23)35-26)25(31)19-8-6-9-20(18-19)28-36(32,33)22-14-12-21(34-3)13-15-22;/h4-6,8-15,18,28H,7,16-17H2,1-3H3;1H. The van der Waals surface area contributed by atoms with E-state index in [9.17, 15) is 13.2 Å². The summed E-state index contributed by atoms with van der Waals surface area (Å²) in [6.45, 7) is 1.30. The lowest BCUT2D eigenvalue weighted by atomic mass is 10.2. The summed E-state index contributed by atoms with van der Waals surface area (Å²) in [5.41, 5.74) is 1.51. The van der Waals surface area contributed by atoms with Gasteiger partial charge in [-0.05, 0) is 81.7 Å². The highest BCUT2D eigenvalue weighted by Gasteiger charge is 2.22. The summed E-state index contributed by atoms with van der Waals surface area (Å²) in [5.74, 6) is 0.323. The lowest BCUT2D eigenvalue weighted by Gasteiger charge is -2.21. The summed E-state index contributed by atoms with van der Waals surface area (Å²) < 4.78 is 34.4. The number of carbonyl (C=O) groups excluding carboxylic acids is 1. The first-order valence-electron chi connectivity index (χ1n) is 11.4. The molecule has 4 rings (SSSR count). The zero-order valence-electron chi connectivity index (χ0n) is 20.7. The van der Waals surface area contributed by atoms with Gasteiger partial charge in [0.05, 0.1) is 22.2 Å².